The first-order valence-corrected chi connectivity index (χ1v) is 4.87. The Labute approximate surface area is 96.2 Å². The number of aliphatic hydroxyl groups excluding tert-OH is 1. The first-order valence-electron chi connectivity index (χ1n) is 4.50. The van der Waals surface area contributed by atoms with Crippen molar-refractivity contribution in [2.24, 2.45) is 0 Å². The van der Waals surface area contributed by atoms with Gasteiger partial charge in [-0.1, -0.05) is 11.6 Å². The molecule has 6 heteroatoms. The van der Waals surface area contributed by atoms with Crippen LogP contribution in [-0.2, 0) is 9.53 Å². The van der Waals surface area contributed by atoms with E-state index in [1.165, 1.54) is 0 Å². The molecule has 0 amide bonds. The Morgan fingerprint density at radius 1 is 1.62 bits per heavy atom. The molecule has 0 aromatic heterocycles. The lowest BCUT2D eigenvalue weighted by Crippen LogP contribution is -2.15. The maximum absolute atomic E-state index is 13.0. The molecule has 0 saturated carbocycles. The molecular formula is C10H10ClFO4. The standard InChI is InChI=1S/C10H10ClFO4/c1-2-16-10(15)9(14)6-3-5(12)4-7(11)8(6)13/h3-4,9,13-14H,2H2,1H3. The summed E-state index contributed by atoms with van der Waals surface area (Å²) in [6.07, 6.45) is -1.76. The SMILES string of the molecule is CCOC(=O)C(O)c1cc(F)cc(Cl)c1O. The second kappa shape index (κ2) is 5.14. The van der Waals surface area contributed by atoms with Gasteiger partial charge in [0.15, 0.2) is 6.10 Å². The molecule has 4 nitrogen and oxygen atoms in total. The van der Waals surface area contributed by atoms with Crippen molar-refractivity contribution in [2.75, 3.05) is 6.61 Å². The predicted molar refractivity (Wildman–Crippen MR) is 54.7 cm³/mol. The molecule has 1 aromatic rings. The Bertz CT molecular complexity index is 408. The quantitative estimate of drug-likeness (QED) is 0.801. The van der Waals surface area contributed by atoms with Gasteiger partial charge in [0.2, 0.25) is 0 Å². The number of carbonyl (C=O) groups excluding carboxylic acids is 1. The van der Waals surface area contributed by atoms with Crippen molar-refractivity contribution in [3.8, 4) is 5.75 Å². The summed E-state index contributed by atoms with van der Waals surface area (Å²) in [4.78, 5) is 11.2. The molecule has 0 bridgehead atoms. The lowest BCUT2D eigenvalue weighted by atomic mass is 10.1. The molecule has 0 aliphatic carbocycles. The van der Waals surface area contributed by atoms with Gasteiger partial charge in [0.25, 0.3) is 0 Å². The molecule has 0 fully saturated rings. The summed E-state index contributed by atoms with van der Waals surface area (Å²) >= 11 is 5.49. The van der Waals surface area contributed by atoms with Gasteiger partial charge in [-0.2, -0.15) is 0 Å². The molecule has 1 rings (SSSR count). The van der Waals surface area contributed by atoms with Crippen molar-refractivity contribution >= 4 is 17.6 Å². The van der Waals surface area contributed by atoms with Crippen LogP contribution in [0.25, 0.3) is 0 Å². The van der Waals surface area contributed by atoms with Crippen LogP contribution in [0, 0.1) is 5.82 Å². The van der Waals surface area contributed by atoms with Gasteiger partial charge in [-0.3, -0.25) is 0 Å². The highest BCUT2D eigenvalue weighted by Gasteiger charge is 2.24. The second-order valence-electron chi connectivity index (χ2n) is 2.98. The van der Waals surface area contributed by atoms with E-state index in [0.29, 0.717) is 0 Å². The normalized spacial score (nSPS) is 12.2. The molecule has 0 aliphatic rings. The van der Waals surface area contributed by atoms with Crippen LogP contribution in [0.3, 0.4) is 0 Å². The first kappa shape index (κ1) is 12.7. The average Bonchev–Trinajstić information content (AvgIpc) is 2.22. The summed E-state index contributed by atoms with van der Waals surface area (Å²) in [5, 5.41) is 18.7. The monoisotopic (exact) mass is 248 g/mol. The molecule has 0 spiro atoms. The van der Waals surface area contributed by atoms with E-state index in [-0.39, 0.29) is 17.2 Å². The molecule has 0 heterocycles. The number of halogens is 2. The number of aliphatic hydroxyl groups is 1. The number of hydrogen-bond acceptors (Lipinski definition) is 4. The molecule has 1 aromatic carbocycles. The summed E-state index contributed by atoms with van der Waals surface area (Å²) in [5.41, 5.74) is -0.316. The maximum atomic E-state index is 13.0. The number of phenolic OH excluding ortho intramolecular Hbond substituents is 1. The maximum Gasteiger partial charge on any atom is 0.339 e. The number of rotatable bonds is 3. The van der Waals surface area contributed by atoms with Crippen LogP contribution in [0.4, 0.5) is 4.39 Å². The summed E-state index contributed by atoms with van der Waals surface area (Å²) in [7, 11) is 0. The van der Waals surface area contributed by atoms with Crippen LogP contribution in [0.1, 0.15) is 18.6 Å². The van der Waals surface area contributed by atoms with Gasteiger partial charge in [-0.25, -0.2) is 9.18 Å². The number of carbonyl (C=O) groups is 1. The molecule has 0 radical (unpaired) electrons. The van der Waals surface area contributed by atoms with E-state index in [4.69, 9.17) is 11.6 Å². The highest BCUT2D eigenvalue weighted by Crippen LogP contribution is 2.33. The molecule has 0 aliphatic heterocycles. The summed E-state index contributed by atoms with van der Waals surface area (Å²) in [6.45, 7) is 1.63. The Balaban J connectivity index is 3.08. The van der Waals surface area contributed by atoms with E-state index >= 15 is 0 Å². The van der Waals surface area contributed by atoms with Gasteiger partial charge in [-0.15, -0.1) is 0 Å². The van der Waals surface area contributed by atoms with Crippen molar-refractivity contribution in [1.82, 2.24) is 0 Å². The largest absolute Gasteiger partial charge is 0.506 e. The Morgan fingerprint density at radius 3 is 2.81 bits per heavy atom. The lowest BCUT2D eigenvalue weighted by molar-refractivity contribution is -0.153. The van der Waals surface area contributed by atoms with E-state index in [1.54, 1.807) is 6.92 Å². The smallest absolute Gasteiger partial charge is 0.339 e. The number of phenols is 1. The van der Waals surface area contributed by atoms with Crippen molar-refractivity contribution < 1.29 is 24.1 Å². The second-order valence-corrected chi connectivity index (χ2v) is 3.39. The van der Waals surface area contributed by atoms with Crippen LogP contribution in [0.15, 0.2) is 12.1 Å². The zero-order valence-electron chi connectivity index (χ0n) is 8.41. The fourth-order valence-electron chi connectivity index (χ4n) is 1.14. The topological polar surface area (TPSA) is 66.8 Å². The Hall–Kier alpha value is -1.33. The third-order valence-electron chi connectivity index (χ3n) is 1.86. The van der Waals surface area contributed by atoms with Crippen molar-refractivity contribution in [3.05, 3.63) is 28.5 Å². The fourth-order valence-corrected chi connectivity index (χ4v) is 1.36. The zero-order valence-corrected chi connectivity index (χ0v) is 9.16. The van der Waals surface area contributed by atoms with Crippen LogP contribution >= 0.6 is 11.6 Å². The summed E-state index contributed by atoms with van der Waals surface area (Å²) in [6, 6.07) is 1.70. The van der Waals surface area contributed by atoms with Gasteiger partial charge in [-0.05, 0) is 19.1 Å². The zero-order chi connectivity index (χ0) is 12.3. The van der Waals surface area contributed by atoms with Crippen LogP contribution in [0.5, 0.6) is 5.75 Å². The molecule has 0 saturated heterocycles. The lowest BCUT2D eigenvalue weighted by Gasteiger charge is -2.12. The Kier molecular flexibility index (Phi) is 4.09. The van der Waals surface area contributed by atoms with E-state index in [2.05, 4.69) is 4.74 Å². The van der Waals surface area contributed by atoms with E-state index < -0.39 is 23.6 Å². The third kappa shape index (κ3) is 2.62. The fraction of sp³-hybridized carbons (Fsp3) is 0.300. The van der Waals surface area contributed by atoms with Crippen LogP contribution in [-0.4, -0.2) is 22.8 Å². The summed E-state index contributed by atoms with van der Waals surface area (Å²) < 4.78 is 17.5. The van der Waals surface area contributed by atoms with Crippen molar-refractivity contribution in [2.45, 2.75) is 13.0 Å². The highest BCUT2D eigenvalue weighted by molar-refractivity contribution is 6.32. The molecular weight excluding hydrogens is 239 g/mol. The molecule has 88 valence electrons. The number of aromatic hydroxyl groups is 1. The van der Waals surface area contributed by atoms with Gasteiger partial charge >= 0.3 is 5.97 Å². The number of esters is 1. The van der Waals surface area contributed by atoms with Gasteiger partial charge < -0.3 is 14.9 Å². The number of ether oxygens (including phenoxy) is 1. The van der Waals surface area contributed by atoms with Gasteiger partial charge in [0.1, 0.15) is 11.6 Å². The highest BCUT2D eigenvalue weighted by atomic mass is 35.5. The van der Waals surface area contributed by atoms with Crippen LogP contribution < -0.4 is 0 Å². The number of benzene rings is 1. The molecule has 1 atom stereocenters. The summed E-state index contributed by atoms with van der Waals surface area (Å²) in [5.74, 6) is -2.27. The minimum absolute atomic E-state index is 0.0691. The van der Waals surface area contributed by atoms with Gasteiger partial charge in [0.05, 0.1) is 11.6 Å². The van der Waals surface area contributed by atoms with E-state index in [1.807, 2.05) is 0 Å². The van der Waals surface area contributed by atoms with E-state index in [0.717, 1.165) is 12.1 Å². The predicted octanol–water partition coefficient (Wildman–Crippen LogP) is 1.78. The van der Waals surface area contributed by atoms with Crippen molar-refractivity contribution in [1.29, 1.82) is 0 Å². The first-order chi connectivity index (χ1) is 7.47. The van der Waals surface area contributed by atoms with E-state index in [9.17, 15) is 19.4 Å². The van der Waals surface area contributed by atoms with Gasteiger partial charge in [0, 0.05) is 5.56 Å². The molecule has 2 N–H and O–H groups in total. The minimum atomic E-state index is -1.76. The molecule has 1 unspecified atom stereocenters. The Morgan fingerprint density at radius 2 is 2.25 bits per heavy atom. The third-order valence-corrected chi connectivity index (χ3v) is 2.15. The molecule has 16 heavy (non-hydrogen) atoms. The van der Waals surface area contributed by atoms with Crippen LogP contribution in [0.2, 0.25) is 5.02 Å². The number of hydrogen-bond donors (Lipinski definition) is 2. The average molecular weight is 249 g/mol. The van der Waals surface area contributed by atoms with Crippen molar-refractivity contribution in [3.63, 3.8) is 0 Å². The minimum Gasteiger partial charge on any atom is -0.506 e.